The highest BCUT2D eigenvalue weighted by atomic mass is 32.2. The van der Waals surface area contributed by atoms with Gasteiger partial charge in [-0.05, 0) is 73.8 Å². The molecule has 5 rings (SSSR count). The van der Waals surface area contributed by atoms with Gasteiger partial charge in [0.2, 0.25) is 5.91 Å². The second-order valence-corrected chi connectivity index (χ2v) is 9.84. The molecule has 0 saturated carbocycles. The molecule has 0 radical (unpaired) electrons. The van der Waals surface area contributed by atoms with Crippen LogP contribution >= 0.6 is 11.8 Å². The van der Waals surface area contributed by atoms with Crippen molar-refractivity contribution in [2.75, 3.05) is 28.2 Å². The first-order valence-corrected chi connectivity index (χ1v) is 13.1. The molecule has 1 heterocycles. The summed E-state index contributed by atoms with van der Waals surface area (Å²) in [5, 5.41) is 4.36. The van der Waals surface area contributed by atoms with Crippen LogP contribution in [-0.2, 0) is 4.79 Å². The van der Waals surface area contributed by atoms with Gasteiger partial charge in [-0.1, -0.05) is 36.0 Å². The Morgan fingerprint density at radius 1 is 0.811 bits per heavy atom. The summed E-state index contributed by atoms with van der Waals surface area (Å²) in [6.45, 7) is 7.42. The third-order valence-electron chi connectivity index (χ3n) is 6.52. The van der Waals surface area contributed by atoms with Crippen LogP contribution in [0.5, 0.6) is 0 Å². The number of anilines is 3. The van der Waals surface area contributed by atoms with Crippen molar-refractivity contribution < 1.29 is 14.4 Å². The monoisotopic (exact) mass is 509 g/mol. The Morgan fingerprint density at radius 2 is 1.49 bits per heavy atom. The summed E-state index contributed by atoms with van der Waals surface area (Å²) in [6.07, 6.45) is 0. The number of carbonyl (C=O) groups excluding carboxylic acids is 3. The minimum absolute atomic E-state index is 0.147. The molecule has 4 aromatic rings. The van der Waals surface area contributed by atoms with Crippen molar-refractivity contribution in [1.29, 1.82) is 0 Å². The summed E-state index contributed by atoms with van der Waals surface area (Å²) >= 11 is 1.49. The van der Waals surface area contributed by atoms with Gasteiger partial charge in [0.05, 0.1) is 11.4 Å². The van der Waals surface area contributed by atoms with Crippen LogP contribution in [0.2, 0.25) is 0 Å². The summed E-state index contributed by atoms with van der Waals surface area (Å²) in [7, 11) is 0. The van der Waals surface area contributed by atoms with Crippen LogP contribution in [0, 0.1) is 0 Å². The molecule has 0 saturated heterocycles. The minimum atomic E-state index is -0.334. The van der Waals surface area contributed by atoms with E-state index < -0.39 is 0 Å². The molecule has 0 fully saturated rings. The summed E-state index contributed by atoms with van der Waals surface area (Å²) in [5.41, 5.74) is 3.31. The second kappa shape index (κ2) is 10.1. The van der Waals surface area contributed by atoms with Crippen LogP contribution in [0.4, 0.5) is 17.1 Å². The predicted molar refractivity (Wildman–Crippen MR) is 150 cm³/mol. The molecule has 0 unspecified atom stereocenters. The van der Waals surface area contributed by atoms with Crippen molar-refractivity contribution >= 4 is 57.3 Å². The number of imide groups is 1. The smallest absolute Gasteiger partial charge is 0.265 e. The van der Waals surface area contributed by atoms with Gasteiger partial charge in [-0.15, -0.1) is 0 Å². The lowest BCUT2D eigenvalue weighted by Crippen LogP contribution is -2.40. The molecule has 1 aliphatic rings. The quantitative estimate of drug-likeness (QED) is 0.284. The molecule has 37 heavy (non-hydrogen) atoms. The third-order valence-corrected chi connectivity index (χ3v) is 7.67. The highest BCUT2D eigenvalue weighted by Gasteiger charge is 2.34. The van der Waals surface area contributed by atoms with Gasteiger partial charge in [-0.3, -0.25) is 14.4 Å². The van der Waals surface area contributed by atoms with Gasteiger partial charge in [-0.2, -0.15) is 0 Å². The Hall–Kier alpha value is -4.10. The second-order valence-electron chi connectivity index (χ2n) is 8.75. The molecule has 0 spiro atoms. The summed E-state index contributed by atoms with van der Waals surface area (Å²) in [5.74, 6) is -0.815. The lowest BCUT2D eigenvalue weighted by molar-refractivity contribution is -0.114. The molecule has 1 aliphatic heterocycles. The van der Waals surface area contributed by atoms with Crippen LogP contribution in [0.3, 0.4) is 0 Å². The van der Waals surface area contributed by atoms with Crippen LogP contribution in [0.15, 0.2) is 88.7 Å². The molecular weight excluding hydrogens is 482 g/mol. The number of para-hydroxylation sites is 1. The number of amides is 3. The van der Waals surface area contributed by atoms with E-state index in [1.165, 1.54) is 23.6 Å². The van der Waals surface area contributed by atoms with Crippen molar-refractivity contribution in [3.05, 3.63) is 90.0 Å². The summed E-state index contributed by atoms with van der Waals surface area (Å²) in [4.78, 5) is 44.2. The first kappa shape index (κ1) is 24.6. The summed E-state index contributed by atoms with van der Waals surface area (Å²) in [6, 6.07) is 24.4. The standard InChI is InChI=1S/C30H27N3O3S/c1-4-32(5-2)20-13-15-21(16-14-20)33-29(35)23-10-8-9-22-26(18-17-24(28(22)23)30(33)36)37-27-12-7-6-11-25(27)31-19(3)34/h6-18H,4-5H2,1-3H3,(H,31,34). The zero-order valence-electron chi connectivity index (χ0n) is 20.9. The van der Waals surface area contributed by atoms with E-state index in [9.17, 15) is 14.4 Å². The lowest BCUT2D eigenvalue weighted by Gasteiger charge is -2.28. The first-order chi connectivity index (χ1) is 17.9. The highest BCUT2D eigenvalue weighted by molar-refractivity contribution is 7.99. The molecule has 1 N–H and O–H groups in total. The Kier molecular flexibility index (Phi) is 6.72. The third kappa shape index (κ3) is 4.47. The zero-order valence-corrected chi connectivity index (χ0v) is 21.8. The number of nitrogens with one attached hydrogen (secondary N) is 1. The first-order valence-electron chi connectivity index (χ1n) is 12.3. The molecule has 6 nitrogen and oxygen atoms in total. The van der Waals surface area contributed by atoms with E-state index in [1.807, 2.05) is 66.7 Å². The molecular formula is C30H27N3O3S. The van der Waals surface area contributed by atoms with E-state index in [0.717, 1.165) is 34.0 Å². The normalized spacial score (nSPS) is 12.7. The van der Waals surface area contributed by atoms with E-state index in [1.54, 1.807) is 12.1 Å². The molecule has 0 aliphatic carbocycles. The van der Waals surface area contributed by atoms with E-state index >= 15 is 0 Å². The Balaban J connectivity index is 1.54. The Bertz CT molecular complexity index is 1510. The van der Waals surface area contributed by atoms with Crippen LogP contribution in [0.1, 0.15) is 41.5 Å². The molecule has 0 bridgehead atoms. The van der Waals surface area contributed by atoms with Crippen LogP contribution in [-0.4, -0.2) is 30.8 Å². The fourth-order valence-corrected chi connectivity index (χ4v) is 5.79. The number of hydrogen-bond acceptors (Lipinski definition) is 5. The molecule has 186 valence electrons. The Morgan fingerprint density at radius 3 is 2.16 bits per heavy atom. The van der Waals surface area contributed by atoms with Crippen LogP contribution in [0.25, 0.3) is 10.8 Å². The molecule has 4 aromatic carbocycles. The number of nitrogens with zero attached hydrogens (tertiary/aromatic N) is 2. The number of rotatable bonds is 7. The van der Waals surface area contributed by atoms with E-state index in [4.69, 9.17) is 0 Å². The Labute approximate surface area is 220 Å². The van der Waals surface area contributed by atoms with Crippen LogP contribution < -0.4 is 15.1 Å². The van der Waals surface area contributed by atoms with Crippen molar-refractivity contribution in [1.82, 2.24) is 0 Å². The van der Waals surface area contributed by atoms with E-state index in [-0.39, 0.29) is 17.7 Å². The molecule has 3 amide bonds. The largest absolute Gasteiger partial charge is 0.372 e. The minimum Gasteiger partial charge on any atom is -0.372 e. The molecule has 7 heteroatoms. The van der Waals surface area contributed by atoms with E-state index in [0.29, 0.717) is 27.9 Å². The van der Waals surface area contributed by atoms with Crippen molar-refractivity contribution in [2.45, 2.75) is 30.6 Å². The van der Waals surface area contributed by atoms with E-state index in [2.05, 4.69) is 24.1 Å². The fraction of sp³-hybridized carbons (Fsp3) is 0.167. The average Bonchev–Trinajstić information content (AvgIpc) is 2.90. The number of benzene rings is 4. The van der Waals surface area contributed by atoms with Gasteiger partial charge in [0.1, 0.15) is 0 Å². The topological polar surface area (TPSA) is 69.7 Å². The number of carbonyl (C=O) groups is 3. The van der Waals surface area contributed by atoms with Gasteiger partial charge in [-0.25, -0.2) is 4.90 Å². The maximum atomic E-state index is 13.6. The van der Waals surface area contributed by atoms with Crippen molar-refractivity contribution in [3.8, 4) is 0 Å². The lowest BCUT2D eigenvalue weighted by atomic mass is 9.93. The molecule has 0 atom stereocenters. The maximum absolute atomic E-state index is 13.6. The number of hydrogen-bond donors (Lipinski definition) is 1. The van der Waals surface area contributed by atoms with Gasteiger partial charge in [0, 0.05) is 52.0 Å². The van der Waals surface area contributed by atoms with Crippen molar-refractivity contribution in [2.24, 2.45) is 0 Å². The van der Waals surface area contributed by atoms with Gasteiger partial charge in [0.15, 0.2) is 0 Å². The van der Waals surface area contributed by atoms with Gasteiger partial charge >= 0.3 is 0 Å². The average molecular weight is 510 g/mol. The predicted octanol–water partition coefficient (Wildman–Crippen LogP) is 6.60. The zero-order chi connectivity index (χ0) is 26.1. The SMILES string of the molecule is CCN(CC)c1ccc(N2C(=O)c3cccc4c(Sc5ccccc5NC(C)=O)ccc(c34)C2=O)cc1. The highest BCUT2D eigenvalue weighted by Crippen LogP contribution is 2.41. The molecule has 0 aromatic heterocycles. The summed E-state index contributed by atoms with van der Waals surface area (Å²) < 4.78 is 0. The van der Waals surface area contributed by atoms with Gasteiger partial charge < -0.3 is 10.2 Å². The van der Waals surface area contributed by atoms with Gasteiger partial charge in [0.25, 0.3) is 11.8 Å². The van der Waals surface area contributed by atoms with Crippen molar-refractivity contribution in [3.63, 3.8) is 0 Å². The maximum Gasteiger partial charge on any atom is 0.265 e. The fourth-order valence-electron chi connectivity index (χ4n) is 4.76.